The Balaban J connectivity index is 2.48. The van der Waals surface area contributed by atoms with Crippen LogP contribution in [0, 0.1) is 0 Å². The Hall–Kier alpha value is -0.530. The van der Waals surface area contributed by atoms with Gasteiger partial charge in [-0.15, -0.1) is 10.2 Å². The van der Waals surface area contributed by atoms with Gasteiger partial charge >= 0.3 is 5.97 Å². The summed E-state index contributed by atoms with van der Waals surface area (Å²) in [4.78, 5) is 11.3. The number of rotatable bonds is 10. The van der Waals surface area contributed by atoms with Crippen molar-refractivity contribution in [2.75, 3.05) is 5.75 Å². The molecule has 1 unspecified atom stereocenters. The van der Waals surface area contributed by atoms with E-state index >= 15 is 0 Å². The Morgan fingerprint density at radius 3 is 2.76 bits per heavy atom. The highest BCUT2D eigenvalue weighted by Gasteiger charge is 2.15. The molecule has 1 rings (SSSR count). The fraction of sp³-hybridized carbons (Fsp3) is 0.643. The Labute approximate surface area is 139 Å². The van der Waals surface area contributed by atoms with Crippen molar-refractivity contribution in [2.45, 2.75) is 60.1 Å². The zero-order chi connectivity index (χ0) is 15.7. The number of unbranched alkanes of at least 4 members (excludes halogenated alkanes) is 1. The van der Waals surface area contributed by atoms with Gasteiger partial charge in [0.1, 0.15) is 6.10 Å². The molecule has 1 aromatic heterocycles. The molecule has 0 fully saturated rings. The van der Waals surface area contributed by atoms with Gasteiger partial charge in [-0.25, -0.2) is 4.79 Å². The van der Waals surface area contributed by atoms with Crippen LogP contribution in [0.3, 0.4) is 0 Å². The van der Waals surface area contributed by atoms with Crippen LogP contribution >= 0.6 is 34.9 Å². The predicted molar refractivity (Wildman–Crippen MR) is 91.2 cm³/mol. The molecule has 4 nitrogen and oxygen atoms in total. The molecule has 1 atom stereocenters. The van der Waals surface area contributed by atoms with Crippen molar-refractivity contribution in [3.63, 3.8) is 0 Å². The molecule has 0 saturated heterocycles. The maximum absolute atomic E-state index is 11.3. The van der Waals surface area contributed by atoms with E-state index in [2.05, 4.69) is 37.5 Å². The average Bonchev–Trinajstić information content (AvgIpc) is 2.88. The molecule has 7 heteroatoms. The minimum absolute atomic E-state index is 0.0921. The average molecular weight is 347 g/mol. The lowest BCUT2D eigenvalue weighted by atomic mass is 10.2. The van der Waals surface area contributed by atoms with Crippen molar-refractivity contribution in [1.29, 1.82) is 0 Å². The second-order valence-electron chi connectivity index (χ2n) is 4.72. The predicted octanol–water partition coefficient (Wildman–Crippen LogP) is 4.42. The summed E-state index contributed by atoms with van der Waals surface area (Å²) in [5.41, 5.74) is 0. The minimum atomic E-state index is -0.356. The van der Waals surface area contributed by atoms with Gasteiger partial charge in [-0.2, -0.15) is 0 Å². The third-order valence-electron chi connectivity index (χ3n) is 2.45. The molecule has 0 N–H and O–H groups in total. The molecule has 0 radical (unpaired) electrons. The number of thioether (sulfide) groups is 2. The fourth-order valence-corrected chi connectivity index (χ4v) is 4.80. The topological polar surface area (TPSA) is 52.1 Å². The highest BCUT2D eigenvalue weighted by Crippen LogP contribution is 2.31. The monoisotopic (exact) mass is 346 g/mol. The van der Waals surface area contributed by atoms with Gasteiger partial charge in [0.05, 0.1) is 0 Å². The Morgan fingerprint density at radius 1 is 1.43 bits per heavy atom. The molecule has 0 aliphatic rings. The van der Waals surface area contributed by atoms with Gasteiger partial charge in [-0.05, 0) is 6.42 Å². The molecular weight excluding hydrogens is 324 g/mol. The molecule has 1 heterocycles. The summed E-state index contributed by atoms with van der Waals surface area (Å²) in [5, 5.41) is 8.83. The first kappa shape index (κ1) is 18.5. The van der Waals surface area contributed by atoms with Gasteiger partial charge < -0.3 is 4.74 Å². The van der Waals surface area contributed by atoms with E-state index in [1.54, 1.807) is 34.9 Å². The van der Waals surface area contributed by atoms with Crippen molar-refractivity contribution >= 4 is 40.8 Å². The standard InChI is InChI=1S/C14H22N2O2S3/c1-5-7-8-11(18-12(17)6-2)9-19-13-15-16-14(21-13)20-10(3)4/h6,10-11H,2,5,7-9H2,1,3-4H3. The largest absolute Gasteiger partial charge is 0.458 e. The smallest absolute Gasteiger partial charge is 0.330 e. The van der Waals surface area contributed by atoms with Crippen molar-refractivity contribution in [3.8, 4) is 0 Å². The van der Waals surface area contributed by atoms with Crippen molar-refractivity contribution in [3.05, 3.63) is 12.7 Å². The number of nitrogens with zero attached hydrogens (tertiary/aromatic N) is 2. The van der Waals surface area contributed by atoms with Gasteiger partial charge in [0.15, 0.2) is 8.68 Å². The summed E-state index contributed by atoms with van der Waals surface area (Å²) in [5.74, 6) is 0.352. The molecule has 118 valence electrons. The van der Waals surface area contributed by atoms with Crippen molar-refractivity contribution in [1.82, 2.24) is 10.2 Å². The van der Waals surface area contributed by atoms with Gasteiger partial charge in [0, 0.05) is 17.1 Å². The molecule has 0 aliphatic carbocycles. The number of carbonyl (C=O) groups excluding carboxylic acids is 1. The van der Waals surface area contributed by atoms with Crippen LogP contribution in [0.2, 0.25) is 0 Å². The molecule has 0 bridgehead atoms. The molecule has 0 saturated carbocycles. The third kappa shape index (κ3) is 7.87. The van der Waals surface area contributed by atoms with E-state index < -0.39 is 0 Å². The van der Waals surface area contributed by atoms with Crippen LogP contribution in [-0.2, 0) is 9.53 Å². The first-order chi connectivity index (χ1) is 10.0. The molecule has 0 spiro atoms. The van der Waals surface area contributed by atoms with Crippen LogP contribution in [0.5, 0.6) is 0 Å². The third-order valence-corrected chi connectivity index (χ3v) is 5.72. The quantitative estimate of drug-likeness (QED) is 0.355. The molecule has 1 aromatic rings. The molecule has 0 aliphatic heterocycles. The van der Waals surface area contributed by atoms with E-state index in [9.17, 15) is 4.79 Å². The number of ether oxygens (including phenoxy) is 1. The van der Waals surface area contributed by atoms with E-state index in [4.69, 9.17) is 4.74 Å². The number of hydrogen-bond acceptors (Lipinski definition) is 7. The van der Waals surface area contributed by atoms with Crippen molar-refractivity contribution in [2.24, 2.45) is 0 Å². The van der Waals surface area contributed by atoms with Gasteiger partial charge in [0.25, 0.3) is 0 Å². The normalized spacial score (nSPS) is 12.4. The van der Waals surface area contributed by atoms with Crippen LogP contribution in [0.25, 0.3) is 0 Å². The van der Waals surface area contributed by atoms with Crippen molar-refractivity contribution < 1.29 is 9.53 Å². The highest BCUT2D eigenvalue weighted by molar-refractivity contribution is 8.03. The Bertz CT molecular complexity index is 449. The lowest BCUT2D eigenvalue weighted by Crippen LogP contribution is -2.19. The molecule has 0 amide bonds. The number of carbonyl (C=O) groups is 1. The fourth-order valence-electron chi connectivity index (χ4n) is 1.49. The molecule has 21 heavy (non-hydrogen) atoms. The number of aromatic nitrogens is 2. The second kappa shape index (κ2) is 10.2. The first-order valence-corrected chi connectivity index (χ1v) is 9.69. The van der Waals surface area contributed by atoms with Crippen LogP contribution in [-0.4, -0.2) is 33.3 Å². The summed E-state index contributed by atoms with van der Waals surface area (Å²) >= 11 is 4.91. The van der Waals surface area contributed by atoms with Crippen LogP contribution in [0.15, 0.2) is 21.3 Å². The summed E-state index contributed by atoms with van der Waals surface area (Å²) in [6.07, 6.45) is 4.12. The Morgan fingerprint density at radius 2 is 2.14 bits per heavy atom. The second-order valence-corrected chi connectivity index (χ2v) is 8.79. The van der Waals surface area contributed by atoms with Gasteiger partial charge in [-0.1, -0.05) is 75.1 Å². The molecule has 0 aromatic carbocycles. The summed E-state index contributed by atoms with van der Waals surface area (Å²) in [6.45, 7) is 9.83. The summed E-state index contributed by atoms with van der Waals surface area (Å²) < 4.78 is 7.28. The maximum Gasteiger partial charge on any atom is 0.330 e. The van der Waals surface area contributed by atoms with Crippen LogP contribution in [0.1, 0.15) is 40.0 Å². The first-order valence-electron chi connectivity index (χ1n) is 7.01. The maximum atomic E-state index is 11.3. The lowest BCUT2D eigenvalue weighted by molar-refractivity contribution is -0.142. The van der Waals surface area contributed by atoms with Gasteiger partial charge in [-0.3, -0.25) is 0 Å². The summed E-state index contributed by atoms with van der Waals surface area (Å²) in [6, 6.07) is 0. The van der Waals surface area contributed by atoms with E-state index in [0.717, 1.165) is 27.9 Å². The number of hydrogen-bond donors (Lipinski definition) is 0. The number of esters is 1. The lowest BCUT2D eigenvalue weighted by Gasteiger charge is -2.15. The van der Waals surface area contributed by atoms with Crippen LogP contribution < -0.4 is 0 Å². The zero-order valence-electron chi connectivity index (χ0n) is 12.7. The SMILES string of the molecule is C=CC(=O)OC(CCCC)CSc1nnc(SC(C)C)s1. The van der Waals surface area contributed by atoms with E-state index in [1.165, 1.54) is 6.08 Å². The van der Waals surface area contributed by atoms with Crippen LogP contribution in [0.4, 0.5) is 0 Å². The van der Waals surface area contributed by atoms with E-state index in [1.807, 2.05) is 0 Å². The highest BCUT2D eigenvalue weighted by atomic mass is 32.2. The zero-order valence-corrected chi connectivity index (χ0v) is 15.2. The Kier molecular flexibility index (Phi) is 9.03. The van der Waals surface area contributed by atoms with E-state index in [0.29, 0.717) is 11.0 Å². The molecular formula is C14H22N2O2S3. The summed E-state index contributed by atoms with van der Waals surface area (Å²) in [7, 11) is 0. The van der Waals surface area contributed by atoms with Gasteiger partial charge in [0.2, 0.25) is 0 Å². The minimum Gasteiger partial charge on any atom is -0.458 e. The van der Waals surface area contributed by atoms with E-state index in [-0.39, 0.29) is 12.1 Å².